The van der Waals surface area contributed by atoms with Crippen molar-refractivity contribution in [3.63, 3.8) is 0 Å². The molecule has 0 aromatic heterocycles. The van der Waals surface area contributed by atoms with E-state index in [-0.39, 0.29) is 32.6 Å². The summed E-state index contributed by atoms with van der Waals surface area (Å²) < 4.78 is 32.7. The molecule has 0 saturated heterocycles. The molecule has 0 aliphatic heterocycles. The van der Waals surface area contributed by atoms with Crippen LogP contribution >= 0.6 is 7.82 Å². The molecule has 0 radical (unpaired) electrons. The van der Waals surface area contributed by atoms with Crippen molar-refractivity contribution < 1.29 is 37.6 Å². The van der Waals surface area contributed by atoms with Gasteiger partial charge in [-0.25, -0.2) is 4.57 Å². The van der Waals surface area contributed by atoms with Crippen LogP contribution in [0, 0.1) is 0 Å². The summed E-state index contributed by atoms with van der Waals surface area (Å²) in [5, 5.41) is 0. The predicted molar refractivity (Wildman–Crippen MR) is 229 cm³/mol. The largest absolute Gasteiger partial charge is 0.472 e. The molecular weight excluding hydrogens is 713 g/mol. The minimum Gasteiger partial charge on any atom is -0.462 e. The van der Waals surface area contributed by atoms with Gasteiger partial charge in [0.1, 0.15) is 6.61 Å². The van der Waals surface area contributed by atoms with E-state index in [0.717, 1.165) is 44.9 Å². The number of unbranched alkanes of at least 4 members (excludes halogenated alkanes) is 23. The molecular formula is C45H84NO8P. The SMILES string of the molecule is CCCCCCCC/C=C\C/C=C\C/C=C\CCCC(=O)O[C@H](COC(=O)CCCCCCCCCCCCCCCCCCC)COP(=O)(O)OCCN. The van der Waals surface area contributed by atoms with Gasteiger partial charge in [-0.1, -0.05) is 185 Å². The first-order chi connectivity index (χ1) is 26.8. The number of hydrogen-bond donors (Lipinski definition) is 2. The number of phosphoric acid groups is 1. The average Bonchev–Trinajstić information content (AvgIpc) is 3.17. The number of phosphoric ester groups is 1. The minimum absolute atomic E-state index is 0.0464. The summed E-state index contributed by atoms with van der Waals surface area (Å²) in [4.78, 5) is 34.9. The summed E-state index contributed by atoms with van der Waals surface area (Å²) in [7, 11) is -4.39. The second kappa shape index (κ2) is 41.9. The van der Waals surface area contributed by atoms with Crippen LogP contribution in [0.1, 0.15) is 206 Å². The summed E-state index contributed by atoms with van der Waals surface area (Å²) >= 11 is 0. The zero-order valence-corrected chi connectivity index (χ0v) is 36.3. The van der Waals surface area contributed by atoms with Crippen LogP contribution in [-0.2, 0) is 32.7 Å². The number of hydrogen-bond acceptors (Lipinski definition) is 8. The Kier molecular flexibility index (Phi) is 40.5. The van der Waals surface area contributed by atoms with E-state index in [2.05, 4.69) is 44.2 Å². The lowest BCUT2D eigenvalue weighted by atomic mass is 10.0. The van der Waals surface area contributed by atoms with Crippen molar-refractivity contribution in [2.45, 2.75) is 213 Å². The number of ether oxygens (including phenoxy) is 2. The molecule has 0 aliphatic carbocycles. The highest BCUT2D eigenvalue weighted by molar-refractivity contribution is 7.47. The first-order valence-electron chi connectivity index (χ1n) is 22.5. The normalized spacial score (nSPS) is 13.6. The van der Waals surface area contributed by atoms with Crippen molar-refractivity contribution in [2.75, 3.05) is 26.4 Å². The Labute approximate surface area is 337 Å². The highest BCUT2D eigenvalue weighted by Crippen LogP contribution is 2.43. The molecule has 3 N–H and O–H groups in total. The van der Waals surface area contributed by atoms with Crippen molar-refractivity contribution in [3.8, 4) is 0 Å². The molecule has 0 bridgehead atoms. The summed E-state index contributed by atoms with van der Waals surface area (Å²) in [6, 6.07) is 0. The van der Waals surface area contributed by atoms with Crippen molar-refractivity contribution in [3.05, 3.63) is 36.5 Å². The van der Waals surface area contributed by atoms with Gasteiger partial charge in [0, 0.05) is 19.4 Å². The van der Waals surface area contributed by atoms with Crippen LogP contribution in [0.4, 0.5) is 0 Å². The Hall–Kier alpha value is -1.77. The van der Waals surface area contributed by atoms with E-state index in [1.54, 1.807) is 0 Å². The Morgan fingerprint density at radius 2 is 0.964 bits per heavy atom. The van der Waals surface area contributed by atoms with Gasteiger partial charge in [0.25, 0.3) is 0 Å². The van der Waals surface area contributed by atoms with Crippen LogP contribution in [0.5, 0.6) is 0 Å². The van der Waals surface area contributed by atoms with Crippen LogP contribution in [-0.4, -0.2) is 49.3 Å². The zero-order chi connectivity index (χ0) is 40.3. The third-order valence-corrected chi connectivity index (χ3v) is 10.5. The summed E-state index contributed by atoms with van der Waals surface area (Å²) in [5.74, 6) is -0.883. The molecule has 0 heterocycles. The fourth-order valence-corrected chi connectivity index (χ4v) is 6.95. The molecule has 0 amide bonds. The second-order valence-corrected chi connectivity index (χ2v) is 16.4. The van der Waals surface area contributed by atoms with Crippen LogP contribution in [0.25, 0.3) is 0 Å². The van der Waals surface area contributed by atoms with Gasteiger partial charge in [-0.15, -0.1) is 0 Å². The van der Waals surface area contributed by atoms with Crippen LogP contribution in [0.2, 0.25) is 0 Å². The molecule has 0 aliphatic rings. The number of allylic oxidation sites excluding steroid dienone is 6. The molecule has 0 spiro atoms. The maximum Gasteiger partial charge on any atom is 0.472 e. The molecule has 0 saturated carbocycles. The molecule has 0 fully saturated rings. The predicted octanol–water partition coefficient (Wildman–Crippen LogP) is 12.9. The fraction of sp³-hybridized carbons (Fsp3) is 0.822. The average molecular weight is 798 g/mol. The first-order valence-corrected chi connectivity index (χ1v) is 24.0. The van der Waals surface area contributed by atoms with E-state index in [4.69, 9.17) is 24.3 Å². The molecule has 55 heavy (non-hydrogen) atoms. The Balaban J connectivity index is 4.19. The smallest absolute Gasteiger partial charge is 0.462 e. The minimum atomic E-state index is -4.39. The number of esters is 2. The monoisotopic (exact) mass is 798 g/mol. The fourth-order valence-electron chi connectivity index (χ4n) is 6.18. The molecule has 9 nitrogen and oxygen atoms in total. The zero-order valence-electron chi connectivity index (χ0n) is 35.4. The van der Waals surface area contributed by atoms with Gasteiger partial charge in [0.2, 0.25) is 0 Å². The lowest BCUT2D eigenvalue weighted by Gasteiger charge is -2.19. The molecule has 322 valence electrons. The third-order valence-electron chi connectivity index (χ3n) is 9.53. The topological polar surface area (TPSA) is 134 Å². The number of rotatable bonds is 42. The van der Waals surface area contributed by atoms with E-state index in [9.17, 15) is 19.0 Å². The standard InChI is InChI=1S/C45H84NO8P/c1-3-5-7-9-11-13-15-17-19-21-23-25-27-29-31-33-35-37-44(47)51-41-43(42-53-55(49,50)52-40-39-46)54-45(48)38-36-34-32-30-28-26-24-22-20-18-16-14-12-10-8-6-4-2/h18,20,24,26,30,32,43H,3-17,19,21-23,25,27-29,31,33-42,46H2,1-2H3,(H,49,50)/b20-18-,26-24-,32-30-/t43-/m1/s1. The lowest BCUT2D eigenvalue weighted by molar-refractivity contribution is -0.161. The molecule has 0 rings (SSSR count). The van der Waals surface area contributed by atoms with Crippen molar-refractivity contribution in [1.29, 1.82) is 0 Å². The number of carbonyl (C=O) groups is 2. The van der Waals surface area contributed by atoms with E-state index in [1.165, 1.54) is 128 Å². The van der Waals surface area contributed by atoms with Gasteiger partial charge in [-0.3, -0.25) is 18.6 Å². The quantitative estimate of drug-likeness (QED) is 0.0268. The highest BCUT2D eigenvalue weighted by Gasteiger charge is 2.25. The van der Waals surface area contributed by atoms with Crippen molar-refractivity contribution in [2.24, 2.45) is 5.73 Å². The maximum atomic E-state index is 12.6. The van der Waals surface area contributed by atoms with Crippen LogP contribution in [0.15, 0.2) is 36.5 Å². The second-order valence-electron chi connectivity index (χ2n) is 14.9. The van der Waals surface area contributed by atoms with E-state index in [0.29, 0.717) is 6.42 Å². The maximum absolute atomic E-state index is 12.6. The van der Waals surface area contributed by atoms with Gasteiger partial charge in [-0.05, 0) is 44.9 Å². The molecule has 1 unspecified atom stereocenters. The summed E-state index contributed by atoms with van der Waals surface area (Å²) in [6.45, 7) is 3.69. The van der Waals surface area contributed by atoms with Gasteiger partial charge in [0.05, 0.1) is 13.2 Å². The van der Waals surface area contributed by atoms with E-state index in [1.807, 2.05) is 6.08 Å². The van der Waals surface area contributed by atoms with Crippen molar-refractivity contribution in [1.82, 2.24) is 0 Å². The molecule has 0 aromatic carbocycles. The van der Waals surface area contributed by atoms with Gasteiger partial charge in [0.15, 0.2) is 6.10 Å². The Morgan fingerprint density at radius 1 is 0.545 bits per heavy atom. The number of carbonyl (C=O) groups excluding carboxylic acids is 2. The Morgan fingerprint density at radius 3 is 1.45 bits per heavy atom. The highest BCUT2D eigenvalue weighted by atomic mass is 31.2. The number of nitrogens with two attached hydrogens (primary N) is 1. The van der Waals surface area contributed by atoms with Gasteiger partial charge < -0.3 is 20.1 Å². The van der Waals surface area contributed by atoms with Crippen molar-refractivity contribution >= 4 is 19.8 Å². The van der Waals surface area contributed by atoms with Gasteiger partial charge >= 0.3 is 19.8 Å². The third kappa shape index (κ3) is 41.7. The lowest BCUT2D eigenvalue weighted by Crippen LogP contribution is -2.29. The van der Waals surface area contributed by atoms with Crippen LogP contribution < -0.4 is 5.73 Å². The molecule has 0 aromatic rings. The van der Waals surface area contributed by atoms with E-state index < -0.39 is 32.5 Å². The first kappa shape index (κ1) is 53.2. The van der Waals surface area contributed by atoms with Crippen LogP contribution in [0.3, 0.4) is 0 Å². The van der Waals surface area contributed by atoms with Gasteiger partial charge in [-0.2, -0.15) is 0 Å². The molecule has 2 atom stereocenters. The molecule has 10 heteroatoms. The Bertz CT molecular complexity index is 1000. The summed E-state index contributed by atoms with van der Waals surface area (Å²) in [5.41, 5.74) is 5.35. The van der Waals surface area contributed by atoms with E-state index >= 15 is 0 Å². The summed E-state index contributed by atoms with van der Waals surface area (Å²) in [6.07, 6.45) is 46.1.